The third-order valence-electron chi connectivity index (χ3n) is 2.74. The van der Waals surface area contributed by atoms with Crippen molar-refractivity contribution in [1.82, 2.24) is 15.3 Å². The summed E-state index contributed by atoms with van der Waals surface area (Å²) in [4.78, 5) is 30.4. The molecule has 0 aliphatic carbocycles. The topological polar surface area (TPSA) is 74.8 Å². The first kappa shape index (κ1) is 13.0. The maximum absolute atomic E-state index is 12.0. The molecule has 0 unspecified atom stereocenters. The van der Waals surface area contributed by atoms with E-state index in [9.17, 15) is 9.59 Å². The van der Waals surface area contributed by atoms with Gasteiger partial charge in [0.25, 0.3) is 11.5 Å². The van der Waals surface area contributed by atoms with Gasteiger partial charge >= 0.3 is 0 Å². The monoisotopic (exact) mass is 257 g/mol. The van der Waals surface area contributed by atoms with Crippen LogP contribution in [-0.4, -0.2) is 15.9 Å². The Hall–Kier alpha value is -2.43. The number of amides is 1. The van der Waals surface area contributed by atoms with Crippen LogP contribution in [-0.2, 0) is 6.54 Å². The Kier molecular flexibility index (Phi) is 3.75. The molecule has 0 atom stereocenters. The summed E-state index contributed by atoms with van der Waals surface area (Å²) in [7, 11) is 0. The Morgan fingerprint density at radius 2 is 1.95 bits per heavy atom. The lowest BCUT2D eigenvalue weighted by Gasteiger charge is -2.07. The Morgan fingerprint density at radius 3 is 2.58 bits per heavy atom. The Balaban J connectivity index is 2.15. The summed E-state index contributed by atoms with van der Waals surface area (Å²) in [6, 6.07) is 9.51. The largest absolute Gasteiger partial charge is 0.348 e. The summed E-state index contributed by atoms with van der Waals surface area (Å²) < 4.78 is 0. The maximum atomic E-state index is 12.0. The number of aryl methyl sites for hydroxylation is 2. The Morgan fingerprint density at radius 1 is 1.26 bits per heavy atom. The van der Waals surface area contributed by atoms with E-state index in [1.807, 2.05) is 30.3 Å². The van der Waals surface area contributed by atoms with E-state index in [1.165, 1.54) is 0 Å². The van der Waals surface area contributed by atoms with E-state index in [0.717, 1.165) is 5.56 Å². The molecule has 2 N–H and O–H groups in total. The van der Waals surface area contributed by atoms with Crippen LogP contribution in [0.2, 0.25) is 0 Å². The van der Waals surface area contributed by atoms with E-state index < -0.39 is 11.5 Å². The van der Waals surface area contributed by atoms with Crippen LogP contribution in [0, 0.1) is 13.8 Å². The fraction of sp³-hybridized carbons (Fsp3) is 0.214. The first-order valence-electron chi connectivity index (χ1n) is 5.97. The van der Waals surface area contributed by atoms with Gasteiger partial charge in [-0.15, -0.1) is 0 Å². The Labute approximate surface area is 110 Å². The third-order valence-corrected chi connectivity index (χ3v) is 2.74. The second-order valence-electron chi connectivity index (χ2n) is 4.28. The molecule has 0 saturated heterocycles. The van der Waals surface area contributed by atoms with Gasteiger partial charge in [-0.2, -0.15) is 0 Å². The number of hydrogen-bond donors (Lipinski definition) is 2. The van der Waals surface area contributed by atoms with E-state index in [4.69, 9.17) is 0 Å². The standard InChI is InChI=1S/C14H15N3O2/c1-9-12(14(19)17-10(2)16-9)13(18)15-8-11-6-4-3-5-7-11/h3-7H,8H2,1-2H3,(H,15,18)(H,16,17,19). The van der Waals surface area contributed by atoms with Gasteiger partial charge in [0.15, 0.2) is 0 Å². The highest BCUT2D eigenvalue weighted by Gasteiger charge is 2.14. The fourth-order valence-electron chi connectivity index (χ4n) is 1.86. The van der Waals surface area contributed by atoms with Crippen LogP contribution in [0.25, 0.3) is 0 Å². The van der Waals surface area contributed by atoms with Crippen molar-refractivity contribution in [2.24, 2.45) is 0 Å². The van der Waals surface area contributed by atoms with Crippen molar-refractivity contribution in [3.63, 3.8) is 0 Å². The fourth-order valence-corrected chi connectivity index (χ4v) is 1.86. The van der Waals surface area contributed by atoms with E-state index in [1.54, 1.807) is 13.8 Å². The molecule has 98 valence electrons. The number of aromatic nitrogens is 2. The molecule has 0 radical (unpaired) electrons. The quantitative estimate of drug-likeness (QED) is 0.870. The van der Waals surface area contributed by atoms with Crippen LogP contribution in [0.5, 0.6) is 0 Å². The summed E-state index contributed by atoms with van der Waals surface area (Å²) in [6.45, 7) is 3.71. The van der Waals surface area contributed by atoms with Crippen LogP contribution in [0.1, 0.15) is 27.4 Å². The van der Waals surface area contributed by atoms with Crippen LogP contribution < -0.4 is 10.9 Å². The zero-order valence-electron chi connectivity index (χ0n) is 10.9. The van der Waals surface area contributed by atoms with E-state index in [0.29, 0.717) is 18.1 Å². The number of rotatable bonds is 3. The van der Waals surface area contributed by atoms with E-state index in [2.05, 4.69) is 15.3 Å². The predicted octanol–water partition coefficient (Wildman–Crippen LogP) is 1.32. The molecule has 1 aromatic carbocycles. The van der Waals surface area contributed by atoms with Gasteiger partial charge < -0.3 is 10.3 Å². The molecule has 1 heterocycles. The van der Waals surface area contributed by atoms with Crippen molar-refractivity contribution in [2.45, 2.75) is 20.4 Å². The zero-order valence-corrected chi connectivity index (χ0v) is 10.9. The minimum atomic E-state index is -0.407. The van der Waals surface area contributed by atoms with Gasteiger partial charge in [0, 0.05) is 6.54 Å². The second kappa shape index (κ2) is 5.48. The number of nitrogens with one attached hydrogen (secondary N) is 2. The van der Waals surface area contributed by atoms with Crippen LogP contribution in [0.4, 0.5) is 0 Å². The van der Waals surface area contributed by atoms with Crippen molar-refractivity contribution in [3.05, 3.63) is 63.3 Å². The normalized spacial score (nSPS) is 10.2. The molecule has 19 heavy (non-hydrogen) atoms. The first-order valence-corrected chi connectivity index (χ1v) is 5.97. The summed E-state index contributed by atoms with van der Waals surface area (Å²) in [5.74, 6) is 0.0946. The molecule has 0 fully saturated rings. The first-order chi connectivity index (χ1) is 9.08. The summed E-state index contributed by atoms with van der Waals surface area (Å²) in [6.07, 6.45) is 0. The summed E-state index contributed by atoms with van der Waals surface area (Å²) in [5, 5.41) is 2.72. The number of H-pyrrole nitrogens is 1. The molecule has 5 nitrogen and oxygen atoms in total. The van der Waals surface area contributed by atoms with Crippen molar-refractivity contribution < 1.29 is 4.79 Å². The van der Waals surface area contributed by atoms with Gasteiger partial charge in [0.05, 0.1) is 5.69 Å². The van der Waals surface area contributed by atoms with Crippen molar-refractivity contribution in [3.8, 4) is 0 Å². The van der Waals surface area contributed by atoms with E-state index >= 15 is 0 Å². The number of benzene rings is 1. The van der Waals surface area contributed by atoms with Crippen molar-refractivity contribution in [1.29, 1.82) is 0 Å². The molecule has 5 heteroatoms. The molecular weight excluding hydrogens is 242 g/mol. The number of hydrogen-bond acceptors (Lipinski definition) is 3. The van der Waals surface area contributed by atoms with Crippen LogP contribution in [0.3, 0.4) is 0 Å². The molecule has 0 bridgehead atoms. The molecule has 1 aromatic heterocycles. The van der Waals surface area contributed by atoms with Crippen molar-refractivity contribution in [2.75, 3.05) is 0 Å². The minimum absolute atomic E-state index is 0.0709. The van der Waals surface area contributed by atoms with Gasteiger partial charge in [-0.05, 0) is 19.4 Å². The highest BCUT2D eigenvalue weighted by Crippen LogP contribution is 2.01. The average Bonchev–Trinajstić information content (AvgIpc) is 2.36. The zero-order chi connectivity index (χ0) is 13.8. The predicted molar refractivity (Wildman–Crippen MR) is 71.9 cm³/mol. The minimum Gasteiger partial charge on any atom is -0.348 e. The van der Waals surface area contributed by atoms with Gasteiger partial charge in [0.1, 0.15) is 11.4 Å². The third kappa shape index (κ3) is 3.07. The summed E-state index contributed by atoms with van der Waals surface area (Å²) >= 11 is 0. The number of carbonyl (C=O) groups excluding carboxylic acids is 1. The lowest BCUT2D eigenvalue weighted by Crippen LogP contribution is -2.31. The van der Waals surface area contributed by atoms with Gasteiger partial charge in [0.2, 0.25) is 0 Å². The van der Waals surface area contributed by atoms with Gasteiger partial charge in [-0.3, -0.25) is 9.59 Å². The maximum Gasteiger partial charge on any atom is 0.264 e. The second-order valence-corrected chi connectivity index (χ2v) is 4.28. The van der Waals surface area contributed by atoms with Crippen LogP contribution >= 0.6 is 0 Å². The molecule has 2 rings (SSSR count). The lowest BCUT2D eigenvalue weighted by atomic mass is 10.2. The lowest BCUT2D eigenvalue weighted by molar-refractivity contribution is 0.0948. The highest BCUT2D eigenvalue weighted by molar-refractivity contribution is 5.94. The molecule has 0 saturated carbocycles. The molecule has 0 spiro atoms. The highest BCUT2D eigenvalue weighted by atomic mass is 16.2. The molecule has 0 aliphatic heterocycles. The van der Waals surface area contributed by atoms with Gasteiger partial charge in [-0.25, -0.2) is 4.98 Å². The number of nitrogens with zero attached hydrogens (tertiary/aromatic N) is 1. The van der Waals surface area contributed by atoms with Gasteiger partial charge in [-0.1, -0.05) is 30.3 Å². The molecule has 2 aromatic rings. The number of aromatic amines is 1. The SMILES string of the molecule is Cc1nc(C)c(C(=O)NCc2ccccc2)c(=O)[nH]1. The molecule has 1 amide bonds. The average molecular weight is 257 g/mol. The Bertz CT molecular complexity index is 647. The van der Waals surface area contributed by atoms with Crippen molar-refractivity contribution >= 4 is 5.91 Å². The van der Waals surface area contributed by atoms with E-state index in [-0.39, 0.29) is 5.56 Å². The van der Waals surface area contributed by atoms with Crippen LogP contribution in [0.15, 0.2) is 35.1 Å². The molecule has 0 aliphatic rings. The smallest absolute Gasteiger partial charge is 0.264 e. The number of carbonyl (C=O) groups is 1. The summed E-state index contributed by atoms with van der Waals surface area (Å²) in [5.41, 5.74) is 1.08. The molecular formula is C14H15N3O2.